The Morgan fingerprint density at radius 3 is 2.60 bits per heavy atom. The number of carbonyl (C=O) groups excluding carboxylic acids is 1. The number of methoxy groups -OCH3 is 1. The minimum Gasteiger partial charge on any atom is -0.468 e. The molecule has 2 atom stereocenters. The van der Waals surface area contributed by atoms with Gasteiger partial charge in [0.15, 0.2) is 0 Å². The molecule has 6 heteroatoms. The summed E-state index contributed by atoms with van der Waals surface area (Å²) < 4.78 is 30.5. The number of ether oxygens (including phenoxy) is 1. The molecule has 1 aliphatic rings. The van der Waals surface area contributed by atoms with Crippen LogP contribution >= 0.6 is 0 Å². The number of hydrogen-bond acceptors (Lipinski definition) is 4. The standard InChI is InChI=1S/C14H13NO4S/c1-19-14(16)13-9-15(13)20(17,18)12-7-6-10-4-2-3-5-11(10)8-12/h2-8,13H,9H2,1H3. The van der Waals surface area contributed by atoms with E-state index in [-0.39, 0.29) is 11.4 Å². The van der Waals surface area contributed by atoms with Crippen molar-refractivity contribution in [3.63, 3.8) is 0 Å². The Morgan fingerprint density at radius 1 is 1.20 bits per heavy atom. The van der Waals surface area contributed by atoms with Crippen LogP contribution in [0.15, 0.2) is 47.4 Å². The average molecular weight is 291 g/mol. The molecular weight excluding hydrogens is 278 g/mol. The van der Waals surface area contributed by atoms with E-state index in [1.807, 2.05) is 24.3 Å². The maximum atomic E-state index is 12.4. The van der Waals surface area contributed by atoms with E-state index in [0.29, 0.717) is 0 Å². The van der Waals surface area contributed by atoms with Crippen LogP contribution in [0.3, 0.4) is 0 Å². The number of benzene rings is 2. The number of rotatable bonds is 3. The third-order valence-electron chi connectivity index (χ3n) is 3.37. The van der Waals surface area contributed by atoms with Crippen LogP contribution in [0.1, 0.15) is 0 Å². The SMILES string of the molecule is COC(=O)C1CN1S(=O)(=O)c1ccc2ccccc2c1. The molecule has 1 fully saturated rings. The van der Waals surface area contributed by atoms with Crippen LogP contribution < -0.4 is 0 Å². The normalized spacial score (nSPS) is 21.6. The first kappa shape index (κ1) is 13.1. The first-order chi connectivity index (χ1) is 9.54. The van der Waals surface area contributed by atoms with E-state index in [1.165, 1.54) is 7.11 Å². The highest BCUT2D eigenvalue weighted by molar-refractivity contribution is 7.89. The monoisotopic (exact) mass is 291 g/mol. The van der Waals surface area contributed by atoms with Crippen LogP contribution in [0, 0.1) is 0 Å². The fraction of sp³-hybridized carbons (Fsp3) is 0.214. The summed E-state index contributed by atoms with van der Waals surface area (Å²) in [5.41, 5.74) is 0. The van der Waals surface area contributed by atoms with E-state index in [9.17, 15) is 13.2 Å². The van der Waals surface area contributed by atoms with Crippen LogP contribution in [0.4, 0.5) is 0 Å². The van der Waals surface area contributed by atoms with Gasteiger partial charge in [-0.25, -0.2) is 8.42 Å². The third kappa shape index (κ3) is 2.07. The lowest BCUT2D eigenvalue weighted by Crippen LogP contribution is -2.20. The minimum absolute atomic E-state index is 0.182. The van der Waals surface area contributed by atoms with Crippen LogP contribution in [-0.2, 0) is 19.6 Å². The topological polar surface area (TPSA) is 63.5 Å². The number of nitrogens with zero attached hydrogens (tertiary/aromatic N) is 1. The Bertz CT molecular complexity index is 785. The highest BCUT2D eigenvalue weighted by Crippen LogP contribution is 2.30. The Balaban J connectivity index is 1.96. The fourth-order valence-corrected chi connectivity index (χ4v) is 3.73. The molecule has 0 bridgehead atoms. The second kappa shape index (κ2) is 4.57. The van der Waals surface area contributed by atoms with Crippen LogP contribution in [0.25, 0.3) is 10.8 Å². The van der Waals surface area contributed by atoms with Crippen LogP contribution in [0.2, 0.25) is 0 Å². The van der Waals surface area contributed by atoms with Crippen molar-refractivity contribution in [2.75, 3.05) is 13.7 Å². The quantitative estimate of drug-likeness (QED) is 0.633. The lowest BCUT2D eigenvalue weighted by atomic mass is 10.1. The molecule has 0 aromatic heterocycles. The predicted octanol–water partition coefficient (Wildman–Crippen LogP) is 1.39. The van der Waals surface area contributed by atoms with Gasteiger partial charge in [0, 0.05) is 6.54 Å². The summed E-state index contributed by atoms with van der Waals surface area (Å²) in [5.74, 6) is -0.519. The smallest absolute Gasteiger partial charge is 0.325 e. The first-order valence-corrected chi connectivity index (χ1v) is 7.56. The van der Waals surface area contributed by atoms with Gasteiger partial charge in [-0.05, 0) is 22.9 Å². The zero-order chi connectivity index (χ0) is 14.3. The predicted molar refractivity (Wildman–Crippen MR) is 73.6 cm³/mol. The van der Waals surface area contributed by atoms with Crippen molar-refractivity contribution in [2.24, 2.45) is 0 Å². The summed E-state index contributed by atoms with van der Waals surface area (Å²) in [6.07, 6.45) is 0. The van der Waals surface area contributed by atoms with Crippen LogP contribution in [0.5, 0.6) is 0 Å². The molecule has 0 saturated carbocycles. The number of hydrogen-bond donors (Lipinski definition) is 0. The second-order valence-electron chi connectivity index (χ2n) is 4.62. The maximum absolute atomic E-state index is 12.4. The van der Waals surface area contributed by atoms with E-state index in [1.54, 1.807) is 18.2 Å². The number of carbonyl (C=O) groups is 1. The molecule has 1 saturated heterocycles. The molecule has 1 heterocycles. The molecular formula is C14H13NO4S. The molecule has 0 amide bonds. The van der Waals surface area contributed by atoms with Gasteiger partial charge in [0.25, 0.3) is 0 Å². The third-order valence-corrected chi connectivity index (χ3v) is 5.24. The molecule has 5 nitrogen and oxygen atoms in total. The van der Waals surface area contributed by atoms with E-state index >= 15 is 0 Å². The van der Waals surface area contributed by atoms with Gasteiger partial charge >= 0.3 is 5.97 Å². The van der Waals surface area contributed by atoms with Crippen molar-refractivity contribution >= 4 is 26.8 Å². The Kier molecular flexibility index (Phi) is 2.99. The van der Waals surface area contributed by atoms with E-state index in [2.05, 4.69) is 4.74 Å². The first-order valence-electron chi connectivity index (χ1n) is 6.12. The largest absolute Gasteiger partial charge is 0.468 e. The van der Waals surface area contributed by atoms with Crippen molar-refractivity contribution in [3.8, 4) is 0 Å². The number of fused-ring (bicyclic) bond motifs is 1. The lowest BCUT2D eigenvalue weighted by Gasteiger charge is -2.07. The highest BCUT2D eigenvalue weighted by Gasteiger charge is 2.50. The number of esters is 1. The van der Waals surface area contributed by atoms with Gasteiger partial charge in [0.1, 0.15) is 6.04 Å². The van der Waals surface area contributed by atoms with Crippen molar-refractivity contribution in [2.45, 2.75) is 10.9 Å². The summed E-state index contributed by atoms with van der Waals surface area (Å²) in [5, 5.41) is 1.83. The summed E-state index contributed by atoms with van der Waals surface area (Å²) in [6, 6.07) is 11.8. The van der Waals surface area contributed by atoms with Gasteiger partial charge in [-0.1, -0.05) is 30.3 Å². The molecule has 20 heavy (non-hydrogen) atoms. The Labute approximate surface area is 116 Å². The average Bonchev–Trinajstić information content (AvgIpc) is 3.27. The summed E-state index contributed by atoms with van der Waals surface area (Å²) in [7, 11) is -2.38. The minimum atomic E-state index is -3.63. The highest BCUT2D eigenvalue weighted by atomic mass is 32.2. The van der Waals surface area contributed by atoms with E-state index < -0.39 is 22.0 Å². The van der Waals surface area contributed by atoms with Crippen molar-refractivity contribution < 1.29 is 17.9 Å². The molecule has 2 aromatic rings. The van der Waals surface area contributed by atoms with Gasteiger partial charge < -0.3 is 4.74 Å². The van der Waals surface area contributed by atoms with Crippen molar-refractivity contribution in [3.05, 3.63) is 42.5 Å². The maximum Gasteiger partial charge on any atom is 0.325 e. The van der Waals surface area contributed by atoms with E-state index in [4.69, 9.17) is 0 Å². The van der Waals surface area contributed by atoms with Gasteiger partial charge in [-0.3, -0.25) is 4.79 Å². The van der Waals surface area contributed by atoms with Crippen molar-refractivity contribution in [1.29, 1.82) is 0 Å². The fourth-order valence-electron chi connectivity index (χ4n) is 2.18. The molecule has 0 radical (unpaired) electrons. The zero-order valence-corrected chi connectivity index (χ0v) is 11.6. The molecule has 0 aliphatic carbocycles. The zero-order valence-electron chi connectivity index (χ0n) is 10.8. The summed E-state index contributed by atoms with van der Waals surface area (Å²) in [4.78, 5) is 11.5. The van der Waals surface area contributed by atoms with E-state index in [0.717, 1.165) is 15.1 Å². The Morgan fingerprint density at radius 2 is 1.90 bits per heavy atom. The second-order valence-corrected chi connectivity index (χ2v) is 6.51. The summed E-state index contributed by atoms with van der Waals surface area (Å²) in [6.45, 7) is 0.182. The Hall–Kier alpha value is -1.92. The van der Waals surface area contributed by atoms with Gasteiger partial charge in [-0.15, -0.1) is 0 Å². The molecule has 2 aromatic carbocycles. The molecule has 3 rings (SSSR count). The molecule has 0 spiro atoms. The summed E-state index contributed by atoms with van der Waals surface area (Å²) >= 11 is 0. The number of sulfonamides is 1. The lowest BCUT2D eigenvalue weighted by molar-refractivity contribution is -0.140. The molecule has 104 valence electrons. The molecule has 0 N–H and O–H groups in total. The van der Waals surface area contributed by atoms with Crippen molar-refractivity contribution in [1.82, 2.24) is 4.31 Å². The van der Waals surface area contributed by atoms with Gasteiger partial charge in [0.2, 0.25) is 10.0 Å². The van der Waals surface area contributed by atoms with Gasteiger partial charge in [-0.2, -0.15) is 4.31 Å². The molecule has 2 unspecified atom stereocenters. The molecule has 1 aliphatic heterocycles. The van der Waals surface area contributed by atoms with Crippen LogP contribution in [-0.4, -0.2) is 38.4 Å². The van der Waals surface area contributed by atoms with Gasteiger partial charge in [0.05, 0.1) is 12.0 Å².